The van der Waals surface area contributed by atoms with Gasteiger partial charge >= 0.3 is 0 Å². The van der Waals surface area contributed by atoms with E-state index in [0.29, 0.717) is 59.8 Å². The van der Waals surface area contributed by atoms with Gasteiger partial charge in [-0.05, 0) is 48.7 Å². The Hall–Kier alpha value is -3.82. The van der Waals surface area contributed by atoms with Crippen molar-refractivity contribution < 1.29 is 27.7 Å². The normalized spacial score (nSPS) is 15.3. The molecule has 0 atom stereocenters. The van der Waals surface area contributed by atoms with E-state index in [0.717, 1.165) is 5.56 Å². The van der Waals surface area contributed by atoms with Gasteiger partial charge in [-0.2, -0.15) is 0 Å². The van der Waals surface area contributed by atoms with Gasteiger partial charge in [0.25, 0.3) is 0 Å². The van der Waals surface area contributed by atoms with Crippen molar-refractivity contribution in [1.29, 1.82) is 0 Å². The molecule has 1 saturated heterocycles. The molecule has 1 N–H and O–H groups in total. The molecule has 9 heteroatoms. The number of sulfone groups is 1. The largest absolute Gasteiger partial charge is 0.497 e. The Bertz CT molecular complexity index is 1550. The van der Waals surface area contributed by atoms with Crippen molar-refractivity contribution in [3.05, 3.63) is 78.5 Å². The molecule has 1 aliphatic rings. The fraction of sp³-hybridized carbons (Fsp3) is 0.276. The maximum atomic E-state index is 14.0. The average Bonchev–Trinajstić information content (AvgIpc) is 2.96. The number of fused-ring (bicyclic) bond motifs is 1. The molecular weight excluding hydrogens is 504 g/mol. The summed E-state index contributed by atoms with van der Waals surface area (Å²) in [6.07, 6.45) is 2.29. The van der Waals surface area contributed by atoms with Crippen LogP contribution in [0.3, 0.4) is 0 Å². The standard InChI is InChI=1S/C29H30N2O6S/c1-35-21-9-11-22(12-10-21)38(33,34)27-19-30-24-18-26(37-3)25(36-2)17-23(24)28(27)31-15-13-29(32,14-16-31)20-7-5-4-6-8-20/h4-12,17-19,32H,13-16H2,1-3H3. The van der Waals surface area contributed by atoms with Gasteiger partial charge in [0.05, 0.1) is 43.0 Å². The SMILES string of the molecule is COc1ccc(S(=O)(=O)c2cnc3cc(OC)c(OC)cc3c2N2CCC(O)(c3ccccc3)CC2)cc1. The summed E-state index contributed by atoms with van der Waals surface area (Å²) in [6.45, 7) is 0.897. The van der Waals surface area contributed by atoms with Gasteiger partial charge in [0.2, 0.25) is 9.84 Å². The summed E-state index contributed by atoms with van der Waals surface area (Å²) >= 11 is 0. The summed E-state index contributed by atoms with van der Waals surface area (Å²) in [7, 11) is 0.667. The molecule has 1 fully saturated rings. The third-order valence-electron chi connectivity index (χ3n) is 7.19. The Morgan fingerprint density at radius 1 is 0.868 bits per heavy atom. The van der Waals surface area contributed by atoms with Crippen molar-refractivity contribution in [1.82, 2.24) is 4.98 Å². The maximum absolute atomic E-state index is 14.0. The smallest absolute Gasteiger partial charge is 0.210 e. The molecule has 2 heterocycles. The van der Waals surface area contributed by atoms with Gasteiger partial charge in [0, 0.05) is 30.7 Å². The average molecular weight is 535 g/mol. The molecule has 1 aromatic heterocycles. The van der Waals surface area contributed by atoms with Crippen LogP contribution < -0.4 is 19.1 Å². The summed E-state index contributed by atoms with van der Waals surface area (Å²) in [4.78, 5) is 6.75. The second-order valence-electron chi connectivity index (χ2n) is 9.26. The van der Waals surface area contributed by atoms with Crippen LogP contribution in [0.2, 0.25) is 0 Å². The highest BCUT2D eigenvalue weighted by Crippen LogP contribution is 2.43. The molecule has 0 spiro atoms. The summed E-state index contributed by atoms with van der Waals surface area (Å²) in [5.74, 6) is 1.54. The number of methoxy groups -OCH3 is 3. The molecule has 0 amide bonds. The molecule has 4 aromatic rings. The molecule has 5 rings (SSSR count). The van der Waals surface area contributed by atoms with Crippen molar-refractivity contribution in [2.24, 2.45) is 0 Å². The summed E-state index contributed by atoms with van der Waals surface area (Å²) in [5.41, 5.74) is 0.977. The van der Waals surface area contributed by atoms with Gasteiger partial charge in [-0.25, -0.2) is 8.42 Å². The number of benzene rings is 3. The Morgan fingerprint density at radius 3 is 2.11 bits per heavy atom. The number of nitrogens with zero attached hydrogens (tertiary/aromatic N) is 2. The molecule has 0 saturated carbocycles. The highest BCUT2D eigenvalue weighted by molar-refractivity contribution is 7.91. The number of hydrogen-bond donors (Lipinski definition) is 1. The van der Waals surface area contributed by atoms with Crippen LogP contribution in [0.15, 0.2) is 82.7 Å². The lowest BCUT2D eigenvalue weighted by molar-refractivity contribution is 0.0117. The molecule has 0 radical (unpaired) electrons. The Morgan fingerprint density at radius 2 is 1.50 bits per heavy atom. The molecule has 1 aliphatic heterocycles. The van der Waals surface area contributed by atoms with Gasteiger partial charge in [0.1, 0.15) is 10.6 Å². The van der Waals surface area contributed by atoms with Crippen LogP contribution in [0, 0.1) is 0 Å². The summed E-state index contributed by atoms with van der Waals surface area (Å²) in [5, 5.41) is 12.0. The third kappa shape index (κ3) is 4.52. The van der Waals surface area contributed by atoms with Crippen molar-refractivity contribution in [2.75, 3.05) is 39.3 Å². The molecule has 38 heavy (non-hydrogen) atoms. The van der Waals surface area contributed by atoms with Gasteiger partial charge in [-0.3, -0.25) is 4.98 Å². The minimum absolute atomic E-state index is 0.0903. The van der Waals surface area contributed by atoms with E-state index in [1.165, 1.54) is 32.5 Å². The van der Waals surface area contributed by atoms with Crippen molar-refractivity contribution >= 4 is 26.4 Å². The predicted molar refractivity (Wildman–Crippen MR) is 145 cm³/mol. The number of piperidine rings is 1. The lowest BCUT2D eigenvalue weighted by Gasteiger charge is -2.40. The number of anilines is 1. The van der Waals surface area contributed by atoms with Crippen LogP contribution in [0.25, 0.3) is 10.9 Å². The van der Waals surface area contributed by atoms with E-state index in [9.17, 15) is 13.5 Å². The first-order valence-corrected chi connectivity index (χ1v) is 13.8. The number of hydrogen-bond acceptors (Lipinski definition) is 8. The Kier molecular flexibility index (Phi) is 6.90. The summed E-state index contributed by atoms with van der Waals surface area (Å²) in [6, 6.07) is 19.4. The van der Waals surface area contributed by atoms with Crippen LogP contribution in [0.5, 0.6) is 17.2 Å². The molecule has 8 nitrogen and oxygen atoms in total. The number of aromatic nitrogens is 1. The van der Waals surface area contributed by atoms with Gasteiger partial charge < -0.3 is 24.2 Å². The monoisotopic (exact) mass is 534 g/mol. The van der Waals surface area contributed by atoms with Crippen LogP contribution in [-0.4, -0.2) is 52.9 Å². The second kappa shape index (κ2) is 10.2. The predicted octanol–water partition coefficient (Wildman–Crippen LogP) is 4.58. The van der Waals surface area contributed by atoms with E-state index >= 15 is 0 Å². The topological polar surface area (TPSA) is 98.2 Å². The molecular formula is C29H30N2O6S. The van der Waals surface area contributed by atoms with E-state index in [2.05, 4.69) is 4.98 Å². The molecule has 0 unspecified atom stereocenters. The minimum Gasteiger partial charge on any atom is -0.497 e. The van der Waals surface area contributed by atoms with Gasteiger partial charge in [-0.15, -0.1) is 0 Å². The highest BCUT2D eigenvalue weighted by atomic mass is 32.2. The third-order valence-corrected chi connectivity index (χ3v) is 8.96. The van der Waals surface area contributed by atoms with Crippen LogP contribution in [0.1, 0.15) is 18.4 Å². The molecule has 3 aromatic carbocycles. The van der Waals surface area contributed by atoms with E-state index in [1.54, 1.807) is 31.4 Å². The van der Waals surface area contributed by atoms with Gasteiger partial charge in [0.15, 0.2) is 11.5 Å². The molecule has 0 bridgehead atoms. The van der Waals surface area contributed by atoms with Crippen molar-refractivity contribution in [3.8, 4) is 17.2 Å². The summed E-state index contributed by atoms with van der Waals surface area (Å²) < 4.78 is 44.1. The highest BCUT2D eigenvalue weighted by Gasteiger charge is 2.36. The van der Waals surface area contributed by atoms with Crippen LogP contribution >= 0.6 is 0 Å². The number of pyridine rings is 1. The number of aliphatic hydroxyl groups is 1. The van der Waals surface area contributed by atoms with Crippen molar-refractivity contribution in [2.45, 2.75) is 28.2 Å². The van der Waals surface area contributed by atoms with E-state index in [-0.39, 0.29) is 9.79 Å². The lowest BCUT2D eigenvalue weighted by atomic mass is 9.84. The van der Waals surface area contributed by atoms with E-state index in [4.69, 9.17) is 14.2 Å². The first-order valence-electron chi connectivity index (χ1n) is 12.3. The van der Waals surface area contributed by atoms with Crippen LogP contribution in [0.4, 0.5) is 5.69 Å². The fourth-order valence-electron chi connectivity index (χ4n) is 5.03. The number of ether oxygens (including phenoxy) is 3. The van der Waals surface area contributed by atoms with Gasteiger partial charge in [-0.1, -0.05) is 30.3 Å². The first-order chi connectivity index (χ1) is 18.3. The Balaban J connectivity index is 1.64. The zero-order chi connectivity index (χ0) is 26.9. The number of rotatable bonds is 7. The van der Waals surface area contributed by atoms with Crippen LogP contribution in [-0.2, 0) is 15.4 Å². The second-order valence-corrected chi connectivity index (χ2v) is 11.2. The molecule has 198 valence electrons. The first kappa shape index (κ1) is 25.8. The van der Waals surface area contributed by atoms with E-state index in [1.807, 2.05) is 35.2 Å². The fourth-order valence-corrected chi connectivity index (χ4v) is 6.46. The maximum Gasteiger partial charge on any atom is 0.210 e. The zero-order valence-corrected chi connectivity index (χ0v) is 22.4. The van der Waals surface area contributed by atoms with E-state index < -0.39 is 15.4 Å². The quantitative estimate of drug-likeness (QED) is 0.368. The van der Waals surface area contributed by atoms with Crippen molar-refractivity contribution in [3.63, 3.8) is 0 Å². The zero-order valence-electron chi connectivity index (χ0n) is 21.5. The Labute approximate surface area is 222 Å². The minimum atomic E-state index is -3.95. The lowest BCUT2D eigenvalue weighted by Crippen LogP contribution is -2.43. The molecule has 0 aliphatic carbocycles.